The van der Waals surface area contributed by atoms with Gasteiger partial charge in [-0.15, -0.1) is 11.3 Å². The minimum Gasteiger partial charge on any atom is -0.345 e. The number of aromatic nitrogens is 2. The molecule has 0 fully saturated rings. The SMILES string of the molecule is Cc1nn(C)c(Cl)c1C(=O)N[C@@H](C)c1cccs1. The van der Waals surface area contributed by atoms with Crippen LogP contribution in [0.2, 0.25) is 5.15 Å². The lowest BCUT2D eigenvalue weighted by molar-refractivity contribution is 0.0940. The maximum absolute atomic E-state index is 12.2. The predicted octanol–water partition coefficient (Wildman–Crippen LogP) is 2.93. The van der Waals surface area contributed by atoms with Crippen LogP contribution in [0.4, 0.5) is 0 Å². The fraction of sp³-hybridized carbons (Fsp3) is 0.333. The van der Waals surface area contributed by atoms with E-state index in [9.17, 15) is 4.79 Å². The molecule has 2 rings (SSSR count). The van der Waals surface area contributed by atoms with E-state index in [4.69, 9.17) is 11.6 Å². The molecule has 0 saturated carbocycles. The summed E-state index contributed by atoms with van der Waals surface area (Å²) in [4.78, 5) is 13.3. The second kappa shape index (κ2) is 5.12. The molecule has 0 unspecified atom stereocenters. The molecule has 0 spiro atoms. The molecule has 96 valence electrons. The third kappa shape index (κ3) is 2.42. The molecule has 0 saturated heterocycles. The van der Waals surface area contributed by atoms with Crippen LogP contribution in [0.25, 0.3) is 0 Å². The maximum Gasteiger partial charge on any atom is 0.256 e. The predicted molar refractivity (Wildman–Crippen MR) is 73.2 cm³/mol. The molecular formula is C12H14ClN3OS. The summed E-state index contributed by atoms with van der Waals surface area (Å²) in [6.07, 6.45) is 0. The normalized spacial score (nSPS) is 12.4. The van der Waals surface area contributed by atoms with Gasteiger partial charge in [-0.3, -0.25) is 9.48 Å². The van der Waals surface area contributed by atoms with Gasteiger partial charge in [0.2, 0.25) is 0 Å². The number of carbonyl (C=O) groups excluding carboxylic acids is 1. The van der Waals surface area contributed by atoms with Gasteiger partial charge in [-0.25, -0.2) is 0 Å². The van der Waals surface area contributed by atoms with Crippen molar-refractivity contribution >= 4 is 28.8 Å². The number of nitrogens with one attached hydrogen (secondary N) is 1. The Hall–Kier alpha value is -1.33. The molecule has 1 N–H and O–H groups in total. The molecule has 0 radical (unpaired) electrons. The topological polar surface area (TPSA) is 46.9 Å². The Kier molecular flexibility index (Phi) is 3.73. The van der Waals surface area contributed by atoms with Crippen molar-refractivity contribution in [3.05, 3.63) is 38.8 Å². The van der Waals surface area contributed by atoms with Gasteiger partial charge >= 0.3 is 0 Å². The van der Waals surface area contributed by atoms with Crippen LogP contribution in [0.3, 0.4) is 0 Å². The number of carbonyl (C=O) groups is 1. The number of rotatable bonds is 3. The zero-order valence-electron chi connectivity index (χ0n) is 10.4. The number of hydrogen-bond donors (Lipinski definition) is 1. The van der Waals surface area contributed by atoms with Crippen molar-refractivity contribution in [1.82, 2.24) is 15.1 Å². The Morgan fingerprint density at radius 2 is 2.33 bits per heavy atom. The van der Waals surface area contributed by atoms with Gasteiger partial charge in [-0.2, -0.15) is 5.10 Å². The number of thiophene rings is 1. The van der Waals surface area contributed by atoms with E-state index in [2.05, 4.69) is 10.4 Å². The molecule has 2 aromatic heterocycles. The fourth-order valence-corrected chi connectivity index (χ4v) is 2.76. The second-order valence-electron chi connectivity index (χ2n) is 4.09. The lowest BCUT2D eigenvalue weighted by Crippen LogP contribution is -2.26. The van der Waals surface area contributed by atoms with Crippen LogP contribution in [-0.4, -0.2) is 15.7 Å². The summed E-state index contributed by atoms with van der Waals surface area (Å²) in [5.74, 6) is -0.188. The third-order valence-corrected chi connectivity index (χ3v) is 4.19. The van der Waals surface area contributed by atoms with Crippen molar-refractivity contribution in [2.75, 3.05) is 0 Å². The summed E-state index contributed by atoms with van der Waals surface area (Å²) in [7, 11) is 1.72. The van der Waals surface area contributed by atoms with Crippen molar-refractivity contribution < 1.29 is 4.79 Å². The Morgan fingerprint density at radius 1 is 1.61 bits per heavy atom. The van der Waals surface area contributed by atoms with E-state index >= 15 is 0 Å². The van der Waals surface area contributed by atoms with Gasteiger partial charge in [0.25, 0.3) is 5.91 Å². The first-order chi connectivity index (χ1) is 8.50. The zero-order chi connectivity index (χ0) is 13.3. The Bertz CT molecular complexity index is 562. The van der Waals surface area contributed by atoms with Crippen molar-refractivity contribution in [2.24, 2.45) is 7.05 Å². The standard InChI is InChI=1S/C12H14ClN3OS/c1-7(9-5-4-6-18-9)14-12(17)10-8(2)15-16(3)11(10)13/h4-7H,1-3H3,(H,14,17)/t7-/m0/s1. The Morgan fingerprint density at radius 3 is 2.83 bits per heavy atom. The molecule has 1 atom stereocenters. The number of aryl methyl sites for hydroxylation is 2. The zero-order valence-corrected chi connectivity index (χ0v) is 12.0. The van der Waals surface area contributed by atoms with E-state index in [0.29, 0.717) is 16.4 Å². The van der Waals surface area contributed by atoms with Gasteiger partial charge in [0.05, 0.1) is 17.3 Å². The van der Waals surface area contributed by atoms with E-state index in [0.717, 1.165) is 4.88 Å². The van der Waals surface area contributed by atoms with E-state index in [1.807, 2.05) is 24.4 Å². The maximum atomic E-state index is 12.2. The first-order valence-electron chi connectivity index (χ1n) is 5.54. The van der Waals surface area contributed by atoms with Crippen LogP contribution in [0.5, 0.6) is 0 Å². The summed E-state index contributed by atoms with van der Waals surface area (Å²) < 4.78 is 1.50. The Balaban J connectivity index is 2.17. The molecule has 0 aliphatic heterocycles. The van der Waals surface area contributed by atoms with Gasteiger partial charge < -0.3 is 5.32 Å². The van der Waals surface area contributed by atoms with Crippen LogP contribution in [0.1, 0.15) is 33.9 Å². The summed E-state index contributed by atoms with van der Waals surface area (Å²) in [5, 5.41) is 9.41. The highest BCUT2D eigenvalue weighted by molar-refractivity contribution is 7.10. The largest absolute Gasteiger partial charge is 0.345 e. The first-order valence-corrected chi connectivity index (χ1v) is 6.80. The summed E-state index contributed by atoms with van der Waals surface area (Å²) in [6.45, 7) is 3.72. The molecule has 0 bridgehead atoms. The molecule has 0 aliphatic carbocycles. The molecule has 1 amide bonds. The average Bonchev–Trinajstić information content (AvgIpc) is 2.88. The van der Waals surface area contributed by atoms with Crippen LogP contribution in [0.15, 0.2) is 17.5 Å². The van der Waals surface area contributed by atoms with E-state index in [-0.39, 0.29) is 11.9 Å². The molecule has 2 aromatic rings. The quantitative estimate of drug-likeness (QED) is 0.941. The monoisotopic (exact) mass is 283 g/mol. The molecule has 0 aliphatic rings. The smallest absolute Gasteiger partial charge is 0.256 e. The van der Waals surface area contributed by atoms with Gasteiger partial charge in [-0.05, 0) is 25.3 Å². The molecule has 2 heterocycles. The molecule has 4 nitrogen and oxygen atoms in total. The van der Waals surface area contributed by atoms with Gasteiger partial charge in [0.15, 0.2) is 0 Å². The van der Waals surface area contributed by atoms with Crippen molar-refractivity contribution in [2.45, 2.75) is 19.9 Å². The number of hydrogen-bond acceptors (Lipinski definition) is 3. The lowest BCUT2D eigenvalue weighted by atomic mass is 10.2. The lowest BCUT2D eigenvalue weighted by Gasteiger charge is -2.11. The second-order valence-corrected chi connectivity index (χ2v) is 5.42. The number of halogens is 1. The summed E-state index contributed by atoms with van der Waals surface area (Å²) in [5.41, 5.74) is 1.08. The molecular weight excluding hydrogens is 270 g/mol. The van der Waals surface area contributed by atoms with Gasteiger partial charge in [-0.1, -0.05) is 17.7 Å². The highest BCUT2D eigenvalue weighted by Crippen LogP contribution is 2.22. The van der Waals surface area contributed by atoms with Gasteiger partial charge in [0, 0.05) is 11.9 Å². The van der Waals surface area contributed by atoms with Crippen LogP contribution < -0.4 is 5.32 Å². The number of amides is 1. The fourth-order valence-electron chi connectivity index (χ4n) is 1.77. The highest BCUT2D eigenvalue weighted by Gasteiger charge is 2.20. The van der Waals surface area contributed by atoms with Crippen molar-refractivity contribution in [3.8, 4) is 0 Å². The third-order valence-electron chi connectivity index (χ3n) is 2.70. The van der Waals surface area contributed by atoms with Crippen LogP contribution in [-0.2, 0) is 7.05 Å². The van der Waals surface area contributed by atoms with Crippen LogP contribution >= 0.6 is 22.9 Å². The van der Waals surface area contributed by atoms with Crippen molar-refractivity contribution in [3.63, 3.8) is 0 Å². The Labute approximate surface area is 115 Å². The van der Waals surface area contributed by atoms with Crippen molar-refractivity contribution in [1.29, 1.82) is 0 Å². The van der Waals surface area contributed by atoms with E-state index < -0.39 is 0 Å². The summed E-state index contributed by atoms with van der Waals surface area (Å²) in [6, 6.07) is 3.92. The van der Waals surface area contributed by atoms with Crippen LogP contribution in [0, 0.1) is 6.92 Å². The molecule has 6 heteroatoms. The van der Waals surface area contributed by atoms with E-state index in [1.165, 1.54) is 4.68 Å². The summed E-state index contributed by atoms with van der Waals surface area (Å²) >= 11 is 7.67. The highest BCUT2D eigenvalue weighted by atomic mass is 35.5. The van der Waals surface area contributed by atoms with Gasteiger partial charge in [0.1, 0.15) is 5.15 Å². The molecule has 18 heavy (non-hydrogen) atoms. The minimum absolute atomic E-state index is 0.0341. The first kappa shape index (κ1) is 13.1. The molecule has 0 aromatic carbocycles. The minimum atomic E-state index is -0.188. The number of nitrogens with zero attached hydrogens (tertiary/aromatic N) is 2. The van der Waals surface area contributed by atoms with E-state index in [1.54, 1.807) is 25.3 Å². The average molecular weight is 284 g/mol.